The molecule has 0 bridgehead atoms. The summed E-state index contributed by atoms with van der Waals surface area (Å²) < 4.78 is 0. The lowest BCUT2D eigenvalue weighted by molar-refractivity contribution is -0.128. The fourth-order valence-electron chi connectivity index (χ4n) is 3.03. The maximum absolute atomic E-state index is 12.5. The van der Waals surface area contributed by atoms with Crippen molar-refractivity contribution in [3.8, 4) is 0 Å². The smallest absolute Gasteiger partial charge is 0.237 e. The Kier molecular flexibility index (Phi) is 15.9. The number of amides is 1. The van der Waals surface area contributed by atoms with Crippen molar-refractivity contribution in [3.05, 3.63) is 0 Å². The standard InChI is InChI=1S/C20H42N4O6/c1-13(25)15(8-4-6-10-21)24-20(30)16(22-3)9-5-7-11-23-12-17(27)19(29)18(28)14(2)26/h14-19,22-23,26-29H,4-12,21H2,1-3H3,(H,24,30)/t14?,15?,16?,17?,18-,19+/m1/s1. The molecule has 178 valence electrons. The highest BCUT2D eigenvalue weighted by Gasteiger charge is 2.27. The van der Waals surface area contributed by atoms with Crippen LogP contribution in [0.1, 0.15) is 52.4 Å². The lowest BCUT2D eigenvalue weighted by atomic mass is 10.0. The van der Waals surface area contributed by atoms with Crippen LogP contribution in [0.5, 0.6) is 0 Å². The molecule has 30 heavy (non-hydrogen) atoms. The number of nitrogens with one attached hydrogen (secondary N) is 3. The van der Waals surface area contributed by atoms with Crippen LogP contribution in [-0.4, -0.2) is 95.3 Å². The molecule has 0 aromatic carbocycles. The number of carbonyl (C=O) groups excluding carboxylic acids is 2. The van der Waals surface area contributed by atoms with Crippen LogP contribution < -0.4 is 21.7 Å². The van der Waals surface area contributed by atoms with Crippen LogP contribution in [-0.2, 0) is 9.59 Å². The second-order valence-electron chi connectivity index (χ2n) is 7.79. The predicted octanol–water partition coefficient (Wildman–Crippen LogP) is -2.00. The van der Waals surface area contributed by atoms with E-state index in [0.717, 1.165) is 25.7 Å². The average Bonchev–Trinajstić information content (AvgIpc) is 2.70. The highest BCUT2D eigenvalue weighted by Crippen LogP contribution is 2.06. The molecule has 9 N–H and O–H groups in total. The zero-order valence-electron chi connectivity index (χ0n) is 18.5. The van der Waals surface area contributed by atoms with Gasteiger partial charge in [0.25, 0.3) is 0 Å². The minimum Gasteiger partial charge on any atom is -0.391 e. The van der Waals surface area contributed by atoms with Gasteiger partial charge in [-0.05, 0) is 66.1 Å². The topological polar surface area (TPSA) is 177 Å². The maximum Gasteiger partial charge on any atom is 0.237 e. The maximum atomic E-state index is 12.5. The Morgan fingerprint density at radius 3 is 2.07 bits per heavy atom. The molecule has 0 aliphatic heterocycles. The van der Waals surface area contributed by atoms with Gasteiger partial charge in [0.2, 0.25) is 5.91 Å². The largest absolute Gasteiger partial charge is 0.391 e. The molecule has 0 heterocycles. The van der Waals surface area contributed by atoms with Gasteiger partial charge in [0, 0.05) is 6.54 Å². The van der Waals surface area contributed by atoms with Crippen molar-refractivity contribution in [3.63, 3.8) is 0 Å². The van der Waals surface area contributed by atoms with E-state index in [4.69, 9.17) is 5.73 Å². The Bertz CT molecular complexity index is 480. The summed E-state index contributed by atoms with van der Waals surface area (Å²) in [6, 6.07) is -0.901. The number of aliphatic hydroxyl groups is 4. The van der Waals surface area contributed by atoms with E-state index in [1.807, 2.05) is 0 Å². The first-order valence-corrected chi connectivity index (χ1v) is 10.8. The van der Waals surface area contributed by atoms with Crippen molar-refractivity contribution in [1.29, 1.82) is 0 Å². The Morgan fingerprint density at radius 1 is 0.933 bits per heavy atom. The van der Waals surface area contributed by atoms with Crippen molar-refractivity contribution in [2.75, 3.05) is 26.7 Å². The third-order valence-corrected chi connectivity index (χ3v) is 5.11. The number of hydrogen-bond acceptors (Lipinski definition) is 9. The van der Waals surface area contributed by atoms with Crippen molar-refractivity contribution in [2.24, 2.45) is 5.73 Å². The van der Waals surface area contributed by atoms with E-state index in [9.17, 15) is 30.0 Å². The summed E-state index contributed by atoms with van der Waals surface area (Å²) in [7, 11) is 1.70. The number of rotatable bonds is 18. The van der Waals surface area contributed by atoms with E-state index in [1.165, 1.54) is 13.8 Å². The third-order valence-electron chi connectivity index (χ3n) is 5.11. The minimum absolute atomic E-state index is 0.0686. The van der Waals surface area contributed by atoms with Crippen molar-refractivity contribution in [2.45, 2.75) is 88.9 Å². The number of carbonyl (C=O) groups is 2. The van der Waals surface area contributed by atoms with E-state index < -0.39 is 36.5 Å². The van der Waals surface area contributed by atoms with Crippen LogP contribution in [0.4, 0.5) is 0 Å². The summed E-state index contributed by atoms with van der Waals surface area (Å²) in [6.07, 6.45) is -0.952. The molecular formula is C20H42N4O6. The van der Waals surface area contributed by atoms with Gasteiger partial charge in [-0.1, -0.05) is 6.42 Å². The van der Waals surface area contributed by atoms with Crippen molar-refractivity contribution in [1.82, 2.24) is 16.0 Å². The molecule has 0 spiro atoms. The number of likely N-dealkylation sites (N-methyl/N-ethyl adjacent to an activating group) is 1. The molecule has 6 atom stereocenters. The third kappa shape index (κ3) is 11.9. The molecule has 10 heteroatoms. The van der Waals surface area contributed by atoms with E-state index >= 15 is 0 Å². The number of hydrogen-bond donors (Lipinski definition) is 8. The molecule has 0 aromatic heterocycles. The Labute approximate surface area is 179 Å². The lowest BCUT2D eigenvalue weighted by Gasteiger charge is -2.25. The van der Waals surface area contributed by atoms with Crippen LogP contribution in [0, 0.1) is 0 Å². The van der Waals surface area contributed by atoms with E-state index in [1.54, 1.807) is 7.05 Å². The Morgan fingerprint density at radius 2 is 1.53 bits per heavy atom. The highest BCUT2D eigenvalue weighted by atomic mass is 16.4. The van der Waals surface area contributed by atoms with Crippen LogP contribution in [0.2, 0.25) is 0 Å². The molecule has 0 saturated carbocycles. The van der Waals surface area contributed by atoms with Gasteiger partial charge in [-0.15, -0.1) is 0 Å². The van der Waals surface area contributed by atoms with Gasteiger partial charge < -0.3 is 42.1 Å². The van der Waals surface area contributed by atoms with Crippen LogP contribution in [0.15, 0.2) is 0 Å². The van der Waals surface area contributed by atoms with Gasteiger partial charge in [-0.2, -0.15) is 0 Å². The molecule has 0 aliphatic carbocycles. The summed E-state index contributed by atoms with van der Waals surface area (Å²) in [5.41, 5.74) is 5.47. The Hall–Kier alpha value is -1.14. The van der Waals surface area contributed by atoms with E-state index in [2.05, 4.69) is 16.0 Å². The molecule has 1 amide bonds. The van der Waals surface area contributed by atoms with Crippen molar-refractivity contribution >= 4 is 11.7 Å². The second kappa shape index (κ2) is 16.5. The fourth-order valence-corrected chi connectivity index (χ4v) is 3.03. The monoisotopic (exact) mass is 434 g/mol. The first kappa shape index (κ1) is 28.9. The first-order valence-electron chi connectivity index (χ1n) is 10.8. The quantitative estimate of drug-likeness (QED) is 0.113. The van der Waals surface area contributed by atoms with Gasteiger partial charge in [0.15, 0.2) is 5.78 Å². The van der Waals surface area contributed by atoms with Gasteiger partial charge in [0.05, 0.1) is 24.3 Å². The fraction of sp³-hybridized carbons (Fsp3) is 0.900. The summed E-state index contributed by atoms with van der Waals surface area (Å²) in [5.74, 6) is -0.273. The number of nitrogens with two attached hydrogens (primary N) is 1. The van der Waals surface area contributed by atoms with Gasteiger partial charge >= 0.3 is 0 Å². The average molecular weight is 435 g/mol. The number of aliphatic hydroxyl groups excluding tert-OH is 4. The highest BCUT2D eigenvalue weighted by molar-refractivity contribution is 5.89. The Balaban J connectivity index is 4.19. The zero-order chi connectivity index (χ0) is 23.1. The molecule has 0 radical (unpaired) electrons. The van der Waals surface area contributed by atoms with E-state index in [-0.39, 0.29) is 18.2 Å². The molecule has 10 nitrogen and oxygen atoms in total. The summed E-state index contributed by atoms with van der Waals surface area (Å²) in [4.78, 5) is 24.2. The molecule has 0 saturated heterocycles. The van der Waals surface area contributed by atoms with Crippen molar-refractivity contribution < 1.29 is 30.0 Å². The van der Waals surface area contributed by atoms with Gasteiger partial charge in [-0.3, -0.25) is 9.59 Å². The molecule has 0 aliphatic rings. The predicted molar refractivity (Wildman–Crippen MR) is 115 cm³/mol. The summed E-state index contributed by atoms with van der Waals surface area (Å²) >= 11 is 0. The molecule has 0 aromatic rings. The second-order valence-corrected chi connectivity index (χ2v) is 7.79. The lowest BCUT2D eigenvalue weighted by Crippen LogP contribution is -2.49. The SMILES string of the molecule is CNC(CCCCNCC(O)[C@H](O)[C@H](O)C(C)O)C(=O)NC(CCCCN)C(C)=O. The van der Waals surface area contributed by atoms with E-state index in [0.29, 0.717) is 25.9 Å². The molecule has 4 unspecified atom stereocenters. The number of ketones is 1. The van der Waals surface area contributed by atoms with Gasteiger partial charge in [0.1, 0.15) is 12.2 Å². The van der Waals surface area contributed by atoms with Crippen LogP contribution >= 0.6 is 0 Å². The summed E-state index contributed by atoms with van der Waals surface area (Å²) in [6.45, 7) is 3.99. The molecule has 0 rings (SSSR count). The van der Waals surface area contributed by atoms with Crippen LogP contribution in [0.25, 0.3) is 0 Å². The number of unbranched alkanes of at least 4 members (excludes halogenated alkanes) is 2. The minimum atomic E-state index is -1.44. The normalized spacial score (nSPS) is 17.6. The summed E-state index contributed by atoms with van der Waals surface area (Å²) in [5, 5.41) is 47.1. The first-order chi connectivity index (χ1) is 14.1. The number of Topliss-reactive ketones (excluding diaryl/α,β-unsaturated/α-hetero) is 1. The molecule has 0 fully saturated rings. The zero-order valence-corrected chi connectivity index (χ0v) is 18.5. The molecular weight excluding hydrogens is 392 g/mol. The van der Waals surface area contributed by atoms with Crippen LogP contribution in [0.3, 0.4) is 0 Å². The van der Waals surface area contributed by atoms with Gasteiger partial charge in [-0.25, -0.2) is 0 Å².